The number of hydrogen-bond acceptors (Lipinski definition) is 8. The lowest BCUT2D eigenvalue weighted by atomic mass is 10.4. The smallest absolute Gasteiger partial charge is 0.396 e. The molecule has 0 unspecified atom stereocenters. The molecule has 1 aromatic heterocycles. The molecule has 0 fully saturated rings. The molecule has 23 heavy (non-hydrogen) atoms. The van der Waals surface area contributed by atoms with E-state index < -0.39 is 25.7 Å². The molecule has 0 aliphatic carbocycles. The highest BCUT2D eigenvalue weighted by Crippen LogP contribution is 2.16. The van der Waals surface area contributed by atoms with Crippen LogP contribution in [0.5, 0.6) is 0 Å². The second-order valence-corrected chi connectivity index (χ2v) is 8.22. The van der Waals surface area contributed by atoms with Gasteiger partial charge in [0.05, 0.1) is 9.79 Å². The number of rotatable bonds is 6. The lowest BCUT2D eigenvalue weighted by Crippen LogP contribution is -2.24. The lowest BCUT2D eigenvalue weighted by Gasteiger charge is -2.07. The average Bonchev–Trinajstić information content (AvgIpc) is 2.76. The van der Waals surface area contributed by atoms with E-state index in [1.54, 1.807) is 0 Å². The summed E-state index contributed by atoms with van der Waals surface area (Å²) in [6.07, 6.45) is 0.965. The van der Waals surface area contributed by atoms with E-state index in [2.05, 4.69) is 8.83 Å². The summed E-state index contributed by atoms with van der Waals surface area (Å²) in [5.74, 6) is -0.735. The van der Waals surface area contributed by atoms with E-state index in [-0.39, 0.29) is 27.9 Å². The van der Waals surface area contributed by atoms with Gasteiger partial charge in [0, 0.05) is 6.26 Å². The largest absolute Gasteiger partial charge is 0.519 e. The third-order valence-electron chi connectivity index (χ3n) is 2.75. The van der Waals surface area contributed by atoms with Crippen molar-refractivity contribution in [2.45, 2.75) is 23.3 Å². The number of benzene rings is 1. The minimum Gasteiger partial charge on any atom is -0.396 e. The fraction of sp³-hybridized carbons (Fsp3) is 0.250. The first kappa shape index (κ1) is 17.4. The lowest BCUT2D eigenvalue weighted by molar-refractivity contribution is 0.0660. The molecular weight excluding hydrogens is 350 g/mol. The fourth-order valence-electron chi connectivity index (χ4n) is 1.60. The zero-order valence-electron chi connectivity index (χ0n) is 12.1. The van der Waals surface area contributed by atoms with Gasteiger partial charge in [-0.05, 0) is 25.1 Å². The summed E-state index contributed by atoms with van der Waals surface area (Å²) in [5.41, 5.74) is 0. The molecule has 9 nitrogen and oxygen atoms in total. The van der Waals surface area contributed by atoms with E-state index in [9.17, 15) is 21.6 Å². The number of sulfone groups is 1. The van der Waals surface area contributed by atoms with Gasteiger partial charge in [-0.15, -0.1) is 0 Å². The Morgan fingerprint density at radius 3 is 2.35 bits per heavy atom. The van der Waals surface area contributed by atoms with Crippen LogP contribution < -0.4 is 10.7 Å². The Hall–Kier alpha value is -1.95. The van der Waals surface area contributed by atoms with Crippen molar-refractivity contribution in [1.29, 1.82) is 0 Å². The van der Waals surface area contributed by atoms with Crippen LogP contribution in [0.4, 0.5) is 0 Å². The van der Waals surface area contributed by atoms with Crippen LogP contribution in [0.15, 0.2) is 47.7 Å². The van der Waals surface area contributed by atoms with Crippen molar-refractivity contribution in [2.24, 2.45) is 0 Å². The molecule has 0 saturated carbocycles. The van der Waals surface area contributed by atoms with Gasteiger partial charge in [0.2, 0.25) is 0 Å². The molecule has 1 heterocycles. The first-order valence-electron chi connectivity index (χ1n) is 6.13. The predicted molar refractivity (Wildman–Crippen MR) is 76.6 cm³/mol. The molecule has 126 valence electrons. The standard InChI is InChI=1S/C12H13NO8S2/c1-8-11(21-12(14)20-8)7-19-13-23(17,18)10-5-3-4-9(6-10)22(2,15)16/h3-6,13H,7H2,1-2H3. The Labute approximate surface area is 131 Å². The van der Waals surface area contributed by atoms with Crippen LogP contribution >= 0.6 is 0 Å². The third kappa shape index (κ3) is 4.28. The maximum Gasteiger partial charge on any atom is 0.519 e. The van der Waals surface area contributed by atoms with Gasteiger partial charge in [-0.25, -0.2) is 21.6 Å². The van der Waals surface area contributed by atoms with Gasteiger partial charge in [0.15, 0.2) is 15.6 Å². The maximum absolute atomic E-state index is 12.0. The molecule has 0 aliphatic rings. The summed E-state index contributed by atoms with van der Waals surface area (Å²) in [6.45, 7) is 1.08. The molecular formula is C12H13NO8S2. The summed E-state index contributed by atoms with van der Waals surface area (Å²) in [7, 11) is -7.65. The van der Waals surface area contributed by atoms with E-state index in [0.29, 0.717) is 0 Å². The van der Waals surface area contributed by atoms with Gasteiger partial charge in [-0.2, -0.15) is 0 Å². The number of aryl methyl sites for hydroxylation is 1. The zero-order chi connectivity index (χ0) is 17.3. The van der Waals surface area contributed by atoms with E-state index >= 15 is 0 Å². The molecule has 0 bridgehead atoms. The monoisotopic (exact) mass is 363 g/mol. The third-order valence-corrected chi connectivity index (χ3v) is 5.07. The molecule has 1 N–H and O–H groups in total. The predicted octanol–water partition coefficient (Wildman–Crippen LogP) is 0.355. The number of nitrogens with one attached hydrogen (secondary N) is 1. The highest BCUT2D eigenvalue weighted by atomic mass is 32.2. The fourth-order valence-corrected chi connectivity index (χ4v) is 3.19. The van der Waals surface area contributed by atoms with Gasteiger partial charge < -0.3 is 8.83 Å². The summed E-state index contributed by atoms with van der Waals surface area (Å²) < 4.78 is 56.2. The summed E-state index contributed by atoms with van der Waals surface area (Å²) in [5, 5.41) is 0. The van der Waals surface area contributed by atoms with Gasteiger partial charge in [0.25, 0.3) is 10.0 Å². The topological polar surface area (TPSA) is 133 Å². The minimum absolute atomic E-state index is 0.0302. The van der Waals surface area contributed by atoms with Crippen LogP contribution in [-0.4, -0.2) is 23.1 Å². The molecule has 0 amide bonds. The summed E-state index contributed by atoms with van der Waals surface area (Å²) >= 11 is 0. The molecule has 1 aromatic carbocycles. The average molecular weight is 363 g/mol. The number of sulfonamides is 1. The van der Waals surface area contributed by atoms with Crippen LogP contribution in [0.1, 0.15) is 11.5 Å². The Kier molecular flexibility index (Phi) is 4.75. The Morgan fingerprint density at radius 2 is 1.78 bits per heavy atom. The molecule has 0 aliphatic heterocycles. The second-order valence-electron chi connectivity index (χ2n) is 4.56. The van der Waals surface area contributed by atoms with E-state index in [1.165, 1.54) is 25.1 Å². The van der Waals surface area contributed by atoms with Gasteiger partial charge in [-0.1, -0.05) is 11.0 Å². The SMILES string of the molecule is Cc1oc(=O)oc1CONS(=O)(=O)c1cccc(S(C)(=O)=O)c1. The van der Waals surface area contributed by atoms with E-state index in [1.807, 2.05) is 4.89 Å². The summed E-state index contributed by atoms with van der Waals surface area (Å²) in [6, 6.07) is 4.79. The zero-order valence-corrected chi connectivity index (χ0v) is 13.7. The molecule has 2 rings (SSSR count). The number of hydrogen-bond donors (Lipinski definition) is 1. The van der Waals surface area contributed by atoms with Crippen molar-refractivity contribution in [3.8, 4) is 0 Å². The maximum atomic E-state index is 12.0. The molecule has 0 spiro atoms. The molecule has 0 radical (unpaired) electrons. The van der Waals surface area contributed by atoms with Crippen molar-refractivity contribution in [1.82, 2.24) is 4.89 Å². The van der Waals surface area contributed by atoms with Crippen LogP contribution in [-0.2, 0) is 31.3 Å². The van der Waals surface area contributed by atoms with Gasteiger partial charge >= 0.3 is 5.82 Å². The highest BCUT2D eigenvalue weighted by molar-refractivity contribution is 7.91. The van der Waals surface area contributed by atoms with Gasteiger partial charge in [0.1, 0.15) is 12.4 Å². The van der Waals surface area contributed by atoms with Crippen molar-refractivity contribution >= 4 is 19.9 Å². The van der Waals surface area contributed by atoms with Crippen molar-refractivity contribution in [3.63, 3.8) is 0 Å². The normalized spacial score (nSPS) is 12.4. The van der Waals surface area contributed by atoms with Crippen LogP contribution in [0, 0.1) is 6.92 Å². The first-order valence-corrected chi connectivity index (χ1v) is 9.50. The quantitative estimate of drug-likeness (QED) is 0.727. The van der Waals surface area contributed by atoms with Gasteiger partial charge in [-0.3, -0.25) is 4.84 Å². The first-order chi connectivity index (χ1) is 10.6. The minimum atomic E-state index is -4.11. The molecule has 2 aromatic rings. The van der Waals surface area contributed by atoms with E-state index in [4.69, 9.17) is 4.84 Å². The summed E-state index contributed by atoms with van der Waals surface area (Å²) in [4.78, 5) is 17.0. The van der Waals surface area contributed by atoms with Crippen LogP contribution in [0.25, 0.3) is 0 Å². The van der Waals surface area contributed by atoms with Crippen molar-refractivity contribution in [2.75, 3.05) is 6.26 Å². The second kappa shape index (κ2) is 6.28. The van der Waals surface area contributed by atoms with E-state index in [0.717, 1.165) is 12.3 Å². The van der Waals surface area contributed by atoms with Crippen LogP contribution in [0.3, 0.4) is 0 Å². The van der Waals surface area contributed by atoms with Crippen LogP contribution in [0.2, 0.25) is 0 Å². The highest BCUT2D eigenvalue weighted by Gasteiger charge is 2.18. The molecule has 0 atom stereocenters. The Balaban J connectivity index is 2.13. The molecule has 11 heteroatoms. The molecule has 0 saturated heterocycles. The van der Waals surface area contributed by atoms with Crippen molar-refractivity contribution < 1.29 is 30.5 Å². The Bertz CT molecular complexity index is 968. The van der Waals surface area contributed by atoms with Crippen molar-refractivity contribution in [3.05, 3.63) is 46.4 Å². The Morgan fingerprint density at radius 1 is 1.13 bits per heavy atom.